The smallest absolute Gasteiger partial charge is 0.308 e. The maximum Gasteiger partial charge on any atom is 0.308 e. The molecule has 1 fully saturated rings. The summed E-state index contributed by atoms with van der Waals surface area (Å²) in [5, 5.41) is 5.28. The van der Waals surface area contributed by atoms with E-state index in [9.17, 15) is 24.0 Å². The maximum absolute atomic E-state index is 15.3. The molecule has 0 saturated carbocycles. The molecule has 10 nitrogen and oxygen atoms in total. The first kappa shape index (κ1) is 34.1. The molecular formula is C32H39F2N3O7. The van der Waals surface area contributed by atoms with Crippen LogP contribution in [0, 0.1) is 19.3 Å². The van der Waals surface area contributed by atoms with Crippen molar-refractivity contribution in [1.29, 1.82) is 0 Å². The minimum absolute atomic E-state index is 0.0304. The third kappa shape index (κ3) is 7.40. The highest BCUT2D eigenvalue weighted by molar-refractivity contribution is 5.98. The first-order valence-corrected chi connectivity index (χ1v) is 14.3. The van der Waals surface area contributed by atoms with E-state index in [0.29, 0.717) is 16.7 Å². The second-order valence-corrected chi connectivity index (χ2v) is 11.5. The van der Waals surface area contributed by atoms with Gasteiger partial charge >= 0.3 is 11.9 Å². The predicted molar refractivity (Wildman–Crippen MR) is 157 cm³/mol. The molecule has 3 amide bonds. The summed E-state index contributed by atoms with van der Waals surface area (Å²) >= 11 is 0. The van der Waals surface area contributed by atoms with Crippen molar-refractivity contribution in [3.63, 3.8) is 0 Å². The molecule has 0 aliphatic carbocycles. The summed E-state index contributed by atoms with van der Waals surface area (Å²) in [6.45, 7) is 8.64. The quantitative estimate of drug-likeness (QED) is 0.309. The van der Waals surface area contributed by atoms with Gasteiger partial charge in [0.1, 0.15) is 11.8 Å². The molecule has 1 aliphatic rings. The van der Waals surface area contributed by atoms with E-state index in [4.69, 9.17) is 9.47 Å². The number of carbonyl (C=O) groups excluding carboxylic acids is 5. The Bertz CT molecular complexity index is 1430. The Labute approximate surface area is 255 Å². The number of alkyl halides is 2. The molecule has 0 bridgehead atoms. The van der Waals surface area contributed by atoms with Crippen molar-refractivity contribution in [3.8, 4) is 5.75 Å². The molecule has 3 atom stereocenters. The van der Waals surface area contributed by atoms with Crippen LogP contribution in [-0.2, 0) is 30.3 Å². The van der Waals surface area contributed by atoms with Gasteiger partial charge in [-0.05, 0) is 50.5 Å². The number of likely N-dealkylation sites (N-methyl/N-ethyl adjacent to an activating group) is 1. The number of hydrogen-bond donors (Lipinski definition) is 2. The third-order valence-electron chi connectivity index (χ3n) is 7.71. The molecule has 1 saturated heterocycles. The van der Waals surface area contributed by atoms with Crippen molar-refractivity contribution in [2.24, 2.45) is 5.41 Å². The summed E-state index contributed by atoms with van der Waals surface area (Å²) < 4.78 is 41.3. The first-order valence-electron chi connectivity index (χ1n) is 14.3. The van der Waals surface area contributed by atoms with Crippen LogP contribution in [0.4, 0.5) is 8.78 Å². The number of aryl methyl sites for hydroxylation is 1. The number of nitrogens with zero attached hydrogens (tertiary/aromatic N) is 1. The van der Waals surface area contributed by atoms with Gasteiger partial charge in [0.15, 0.2) is 0 Å². The van der Waals surface area contributed by atoms with Gasteiger partial charge in [-0.2, -0.15) is 0 Å². The lowest BCUT2D eigenvalue weighted by atomic mass is 9.81. The Morgan fingerprint density at radius 3 is 2.23 bits per heavy atom. The Kier molecular flexibility index (Phi) is 10.5. The lowest BCUT2D eigenvalue weighted by Crippen LogP contribution is -2.58. The topological polar surface area (TPSA) is 131 Å². The van der Waals surface area contributed by atoms with Crippen molar-refractivity contribution >= 4 is 29.7 Å². The first-order chi connectivity index (χ1) is 20.5. The number of benzene rings is 2. The number of halogens is 2. The molecule has 1 aliphatic heterocycles. The van der Waals surface area contributed by atoms with Crippen LogP contribution in [0.15, 0.2) is 42.5 Å². The number of amides is 3. The van der Waals surface area contributed by atoms with E-state index < -0.39 is 65.7 Å². The van der Waals surface area contributed by atoms with Gasteiger partial charge in [-0.1, -0.05) is 44.2 Å². The molecule has 0 spiro atoms. The number of nitrogens with one attached hydrogen (secondary N) is 2. The van der Waals surface area contributed by atoms with Crippen LogP contribution in [0.25, 0.3) is 0 Å². The number of rotatable bonds is 10. The van der Waals surface area contributed by atoms with Crippen molar-refractivity contribution in [2.75, 3.05) is 13.1 Å². The number of esters is 2. The average molecular weight is 616 g/mol. The molecule has 0 unspecified atom stereocenters. The van der Waals surface area contributed by atoms with Gasteiger partial charge in [-0.25, -0.2) is 8.78 Å². The van der Waals surface area contributed by atoms with Gasteiger partial charge in [-0.15, -0.1) is 0 Å². The summed E-state index contributed by atoms with van der Waals surface area (Å²) in [6, 6.07) is 9.04. The van der Waals surface area contributed by atoms with Crippen LogP contribution in [-0.4, -0.2) is 71.8 Å². The minimum Gasteiger partial charge on any atom is -0.450 e. The Balaban J connectivity index is 2.10. The average Bonchev–Trinajstić information content (AvgIpc) is 3.12. The molecule has 2 aromatic rings. The fourth-order valence-corrected chi connectivity index (χ4v) is 5.36. The summed E-state index contributed by atoms with van der Waals surface area (Å²) in [7, 11) is 0. The summed E-state index contributed by atoms with van der Waals surface area (Å²) in [5.41, 5.74) is -0.226. The number of ether oxygens (including phenoxy) is 2. The number of carbonyl (C=O) groups is 5. The molecule has 44 heavy (non-hydrogen) atoms. The molecule has 2 aromatic carbocycles. The van der Waals surface area contributed by atoms with Crippen molar-refractivity contribution in [1.82, 2.24) is 15.5 Å². The summed E-state index contributed by atoms with van der Waals surface area (Å²) in [5.74, 6) is -7.27. The lowest BCUT2D eigenvalue weighted by Gasteiger charge is -2.35. The summed E-state index contributed by atoms with van der Waals surface area (Å²) in [4.78, 5) is 65.7. The normalized spacial score (nSPS) is 18.1. The summed E-state index contributed by atoms with van der Waals surface area (Å²) in [6.07, 6.45) is -1.80. The highest BCUT2D eigenvalue weighted by Crippen LogP contribution is 2.48. The SMILES string of the molecule is CCNC(=O)[C@@H]1N(C(=O)[C@@H](OC(C)=O)[C@H](Cc2ccccc2)NC(=O)c2cc(C)cc(OC(C)=O)c2C)CC(F)(F)C1(C)C. The second-order valence-electron chi connectivity index (χ2n) is 11.5. The van der Waals surface area contributed by atoms with E-state index >= 15 is 8.78 Å². The molecule has 12 heteroatoms. The monoisotopic (exact) mass is 615 g/mol. The fourth-order valence-electron chi connectivity index (χ4n) is 5.36. The Morgan fingerprint density at radius 1 is 1.02 bits per heavy atom. The number of likely N-dealkylation sites (tertiary alicyclic amines) is 1. The van der Waals surface area contributed by atoms with Gasteiger partial charge in [0.05, 0.1) is 18.0 Å². The zero-order chi connectivity index (χ0) is 33.0. The highest BCUT2D eigenvalue weighted by Gasteiger charge is 2.65. The maximum atomic E-state index is 15.3. The van der Waals surface area contributed by atoms with Crippen molar-refractivity contribution in [2.45, 2.75) is 79.0 Å². The van der Waals surface area contributed by atoms with Gasteiger partial charge in [0.25, 0.3) is 17.7 Å². The van der Waals surface area contributed by atoms with Gasteiger partial charge in [0.2, 0.25) is 12.0 Å². The number of hydrogen-bond acceptors (Lipinski definition) is 7. The van der Waals surface area contributed by atoms with Crippen LogP contribution < -0.4 is 15.4 Å². The second kappa shape index (κ2) is 13.5. The minimum atomic E-state index is -3.46. The Hall–Kier alpha value is -4.35. The predicted octanol–water partition coefficient (Wildman–Crippen LogP) is 3.51. The van der Waals surface area contributed by atoms with E-state index in [1.807, 2.05) is 0 Å². The van der Waals surface area contributed by atoms with Crippen LogP contribution in [0.1, 0.15) is 61.7 Å². The van der Waals surface area contributed by atoms with Gasteiger partial charge in [-0.3, -0.25) is 24.0 Å². The van der Waals surface area contributed by atoms with Crippen molar-refractivity contribution < 1.29 is 42.2 Å². The van der Waals surface area contributed by atoms with Gasteiger partial charge < -0.3 is 25.0 Å². The van der Waals surface area contributed by atoms with Crippen LogP contribution in [0.5, 0.6) is 5.75 Å². The van der Waals surface area contributed by atoms with Gasteiger partial charge in [0, 0.05) is 31.5 Å². The fraction of sp³-hybridized carbons (Fsp3) is 0.469. The zero-order valence-corrected chi connectivity index (χ0v) is 26.0. The standard InChI is InChI=1S/C32H39F2N3O7/c1-8-35-29(41)27-31(6,7)32(33,34)17-37(27)30(42)26(44-21(5)39)24(16-22-12-10-9-11-13-22)36-28(40)23-14-18(2)15-25(19(23)3)43-20(4)38/h9-15,24,26-27H,8,16-17H2,1-7H3,(H,35,41)(H,36,40)/t24-,26-,27-/m0/s1. The highest BCUT2D eigenvalue weighted by atomic mass is 19.3. The van der Waals surface area contributed by atoms with E-state index in [-0.39, 0.29) is 24.3 Å². The van der Waals surface area contributed by atoms with Crippen LogP contribution >= 0.6 is 0 Å². The van der Waals surface area contributed by atoms with E-state index in [1.165, 1.54) is 20.8 Å². The van der Waals surface area contributed by atoms with Crippen LogP contribution in [0.3, 0.4) is 0 Å². The molecule has 0 aromatic heterocycles. The molecule has 0 radical (unpaired) electrons. The third-order valence-corrected chi connectivity index (χ3v) is 7.71. The van der Waals surface area contributed by atoms with E-state index in [1.54, 1.807) is 63.2 Å². The van der Waals surface area contributed by atoms with E-state index in [0.717, 1.165) is 11.8 Å². The molecule has 2 N–H and O–H groups in total. The van der Waals surface area contributed by atoms with E-state index in [2.05, 4.69) is 10.6 Å². The molecule has 3 rings (SSSR count). The molecular weight excluding hydrogens is 576 g/mol. The molecule has 1 heterocycles. The molecule has 238 valence electrons. The zero-order valence-electron chi connectivity index (χ0n) is 26.0. The van der Waals surface area contributed by atoms with Crippen molar-refractivity contribution in [3.05, 3.63) is 64.7 Å². The lowest BCUT2D eigenvalue weighted by molar-refractivity contribution is -0.162. The Morgan fingerprint density at radius 2 is 1.66 bits per heavy atom. The largest absolute Gasteiger partial charge is 0.450 e. The van der Waals surface area contributed by atoms with Crippen LogP contribution in [0.2, 0.25) is 0 Å².